The number of anilines is 1. The summed E-state index contributed by atoms with van der Waals surface area (Å²) in [6.07, 6.45) is 2.23. The van der Waals surface area contributed by atoms with E-state index in [2.05, 4.69) is 20.7 Å². The number of halogens is 1. The van der Waals surface area contributed by atoms with Crippen LogP contribution < -0.4 is 10.6 Å². The van der Waals surface area contributed by atoms with E-state index in [9.17, 15) is 22.7 Å². The van der Waals surface area contributed by atoms with Crippen molar-refractivity contribution in [3.05, 3.63) is 47.8 Å². The lowest BCUT2D eigenvalue weighted by atomic mass is 10.0. The molecule has 1 atom stereocenters. The van der Waals surface area contributed by atoms with Gasteiger partial charge in [-0.3, -0.25) is 9.78 Å². The number of alkyl halides is 1. The Labute approximate surface area is 207 Å². The van der Waals surface area contributed by atoms with Crippen molar-refractivity contribution in [2.45, 2.75) is 31.7 Å². The third-order valence-electron chi connectivity index (χ3n) is 5.93. The van der Waals surface area contributed by atoms with Gasteiger partial charge in [0.2, 0.25) is 10.0 Å². The number of sulfonamides is 1. The van der Waals surface area contributed by atoms with Crippen LogP contribution >= 0.6 is 0 Å². The highest BCUT2D eigenvalue weighted by Gasteiger charge is 2.34. The third kappa shape index (κ3) is 5.30. The van der Waals surface area contributed by atoms with Gasteiger partial charge in [0.05, 0.1) is 64.4 Å². The smallest absolute Gasteiger partial charge is 0.255 e. The first-order valence-corrected chi connectivity index (χ1v) is 13.0. The van der Waals surface area contributed by atoms with Gasteiger partial charge in [0.1, 0.15) is 12.2 Å². The van der Waals surface area contributed by atoms with E-state index < -0.39 is 34.2 Å². The number of fused-ring (bicyclic) bond motifs is 1. The van der Waals surface area contributed by atoms with Crippen LogP contribution in [0.3, 0.4) is 0 Å². The van der Waals surface area contributed by atoms with E-state index in [-0.39, 0.29) is 24.7 Å². The van der Waals surface area contributed by atoms with Crippen LogP contribution in [0.5, 0.6) is 0 Å². The molecule has 3 aromatic heterocycles. The van der Waals surface area contributed by atoms with Gasteiger partial charge >= 0.3 is 0 Å². The van der Waals surface area contributed by atoms with E-state index in [0.29, 0.717) is 28.2 Å². The molecule has 1 amide bonds. The Hall–Kier alpha value is -3.60. The van der Waals surface area contributed by atoms with Crippen molar-refractivity contribution in [2.24, 2.45) is 0 Å². The first-order chi connectivity index (χ1) is 16.9. The van der Waals surface area contributed by atoms with Crippen LogP contribution in [0.4, 0.5) is 10.1 Å². The first-order valence-electron chi connectivity index (χ1n) is 11.1. The number of rotatable bonds is 8. The van der Waals surface area contributed by atoms with E-state index in [1.807, 2.05) is 6.07 Å². The maximum atomic E-state index is 14.2. The van der Waals surface area contributed by atoms with Gasteiger partial charge in [-0.25, -0.2) is 17.3 Å². The largest absolute Gasteiger partial charge is 0.387 e. The summed E-state index contributed by atoms with van der Waals surface area (Å²) in [4.78, 5) is 17.3. The molecule has 3 aromatic rings. The topological polar surface area (TPSA) is 153 Å². The van der Waals surface area contributed by atoms with Crippen molar-refractivity contribution in [2.75, 3.05) is 31.2 Å². The highest BCUT2D eigenvalue weighted by Crippen LogP contribution is 2.27. The maximum Gasteiger partial charge on any atom is 0.255 e. The van der Waals surface area contributed by atoms with Crippen molar-refractivity contribution < 1.29 is 22.7 Å². The maximum absolute atomic E-state index is 14.2. The normalized spacial score (nSPS) is 15.8. The predicted molar refractivity (Wildman–Crippen MR) is 130 cm³/mol. The van der Waals surface area contributed by atoms with Crippen LogP contribution in [0.15, 0.2) is 36.7 Å². The highest BCUT2D eigenvalue weighted by atomic mass is 32.2. The molecule has 190 valence electrons. The SMILES string of the molecule is CC(C)(O)C(F)CNC(=O)c1cnc(-c2ccc3cc(C#N)cnn23)cc1NC1CN(S(C)(=O)=O)C1. The number of nitrogens with zero attached hydrogens (tertiary/aromatic N) is 5. The zero-order valence-electron chi connectivity index (χ0n) is 19.9. The molecule has 0 radical (unpaired) electrons. The van der Waals surface area contributed by atoms with E-state index in [1.54, 1.807) is 28.8 Å². The highest BCUT2D eigenvalue weighted by molar-refractivity contribution is 7.88. The number of pyridine rings is 1. The second-order valence-corrected chi connectivity index (χ2v) is 11.3. The van der Waals surface area contributed by atoms with Gasteiger partial charge in [-0.1, -0.05) is 0 Å². The number of nitrogens with one attached hydrogen (secondary N) is 2. The lowest BCUT2D eigenvalue weighted by molar-refractivity contribution is -0.00177. The van der Waals surface area contributed by atoms with Gasteiger partial charge in [-0.15, -0.1) is 0 Å². The van der Waals surface area contributed by atoms with Crippen LogP contribution in [0.2, 0.25) is 0 Å². The van der Waals surface area contributed by atoms with Crippen LogP contribution in [0.1, 0.15) is 29.8 Å². The van der Waals surface area contributed by atoms with E-state index in [0.717, 1.165) is 6.26 Å². The van der Waals surface area contributed by atoms with Crippen molar-refractivity contribution in [1.82, 2.24) is 24.2 Å². The Morgan fingerprint density at radius 2 is 2.06 bits per heavy atom. The second-order valence-electron chi connectivity index (χ2n) is 9.28. The number of aromatic nitrogens is 3. The Morgan fingerprint density at radius 1 is 1.33 bits per heavy atom. The summed E-state index contributed by atoms with van der Waals surface area (Å²) in [6.45, 7) is 2.69. The molecular formula is C23H26FN7O4S. The fourth-order valence-corrected chi connectivity index (χ4v) is 4.60. The minimum Gasteiger partial charge on any atom is -0.387 e. The molecule has 1 aliphatic heterocycles. The molecule has 4 rings (SSSR count). The third-order valence-corrected chi connectivity index (χ3v) is 7.16. The molecule has 1 aliphatic rings. The van der Waals surface area contributed by atoms with E-state index in [4.69, 9.17) is 5.26 Å². The minimum atomic E-state index is -3.32. The number of nitriles is 1. The zero-order chi connectivity index (χ0) is 26.3. The van der Waals surface area contributed by atoms with Crippen LogP contribution in [0, 0.1) is 11.3 Å². The standard InChI is InChI=1S/C23H26FN7O4S/c1-23(2,33)21(24)11-27-22(32)17-10-26-19(7-18(17)29-15-12-30(13-15)36(3,34)35)20-5-4-16-6-14(8-25)9-28-31(16)20/h4-7,9-10,15,21,33H,11-13H2,1-3H3,(H,26,29)(H,27,32). The molecular weight excluding hydrogens is 489 g/mol. The quantitative estimate of drug-likeness (QED) is 0.404. The molecule has 1 saturated heterocycles. The molecule has 1 fully saturated rings. The van der Waals surface area contributed by atoms with Gasteiger partial charge in [-0.05, 0) is 38.1 Å². The van der Waals surface area contributed by atoms with Crippen LogP contribution in [0.25, 0.3) is 16.9 Å². The molecule has 0 bridgehead atoms. The average Bonchev–Trinajstić information content (AvgIpc) is 3.20. The fraction of sp³-hybridized carbons (Fsp3) is 0.391. The molecule has 0 spiro atoms. The lowest BCUT2D eigenvalue weighted by Crippen LogP contribution is -2.56. The Kier molecular flexibility index (Phi) is 6.70. The monoisotopic (exact) mass is 515 g/mol. The van der Waals surface area contributed by atoms with Crippen LogP contribution in [-0.4, -0.2) is 82.0 Å². The summed E-state index contributed by atoms with van der Waals surface area (Å²) in [6, 6.07) is 8.68. The molecule has 0 aromatic carbocycles. The van der Waals surface area contributed by atoms with Gasteiger partial charge < -0.3 is 15.7 Å². The number of carbonyl (C=O) groups is 1. The lowest BCUT2D eigenvalue weighted by Gasteiger charge is -2.38. The first kappa shape index (κ1) is 25.5. The van der Waals surface area contributed by atoms with Crippen molar-refractivity contribution in [1.29, 1.82) is 5.26 Å². The molecule has 36 heavy (non-hydrogen) atoms. The molecule has 0 aliphatic carbocycles. The summed E-state index contributed by atoms with van der Waals surface area (Å²) in [7, 11) is -3.32. The van der Waals surface area contributed by atoms with Crippen molar-refractivity contribution in [3.8, 4) is 17.5 Å². The van der Waals surface area contributed by atoms with E-state index in [1.165, 1.54) is 30.5 Å². The predicted octanol–water partition coefficient (Wildman–Crippen LogP) is 1.16. The van der Waals surface area contributed by atoms with E-state index >= 15 is 0 Å². The van der Waals surface area contributed by atoms with Crippen LogP contribution in [-0.2, 0) is 10.0 Å². The Bertz CT molecular complexity index is 1450. The molecule has 13 heteroatoms. The summed E-state index contributed by atoms with van der Waals surface area (Å²) >= 11 is 0. The summed E-state index contributed by atoms with van der Waals surface area (Å²) in [5.74, 6) is -0.598. The zero-order valence-corrected chi connectivity index (χ0v) is 20.8. The number of amides is 1. The fourth-order valence-electron chi connectivity index (χ4n) is 3.70. The molecule has 4 heterocycles. The van der Waals surface area contributed by atoms with Crippen molar-refractivity contribution in [3.63, 3.8) is 0 Å². The number of aliphatic hydroxyl groups is 1. The molecule has 1 unspecified atom stereocenters. The molecule has 11 nitrogen and oxygen atoms in total. The molecule has 0 saturated carbocycles. The molecule has 3 N–H and O–H groups in total. The van der Waals surface area contributed by atoms with Gasteiger partial charge in [0.25, 0.3) is 5.91 Å². The number of hydrogen-bond donors (Lipinski definition) is 3. The Morgan fingerprint density at radius 3 is 2.69 bits per heavy atom. The average molecular weight is 516 g/mol. The van der Waals surface area contributed by atoms with Gasteiger partial charge in [-0.2, -0.15) is 14.7 Å². The summed E-state index contributed by atoms with van der Waals surface area (Å²) < 4.78 is 40.6. The van der Waals surface area contributed by atoms with Gasteiger partial charge in [0.15, 0.2) is 0 Å². The second kappa shape index (κ2) is 9.45. The van der Waals surface area contributed by atoms with Crippen molar-refractivity contribution >= 4 is 27.1 Å². The number of carbonyl (C=O) groups excluding carboxylic acids is 1. The number of hydrogen-bond acceptors (Lipinski definition) is 8. The van der Waals surface area contributed by atoms with Gasteiger partial charge in [0, 0.05) is 19.3 Å². The summed E-state index contributed by atoms with van der Waals surface area (Å²) in [5, 5.41) is 28.9. The minimum absolute atomic E-state index is 0.139. The Balaban J connectivity index is 1.64. The summed E-state index contributed by atoms with van der Waals surface area (Å²) in [5.41, 5.74) is 1.09.